The van der Waals surface area contributed by atoms with Crippen LogP contribution in [0.15, 0.2) is 30.7 Å². The van der Waals surface area contributed by atoms with Gasteiger partial charge in [0, 0.05) is 31.1 Å². The van der Waals surface area contributed by atoms with E-state index in [4.69, 9.17) is 26.8 Å². The first-order valence-electron chi connectivity index (χ1n) is 14.7. The van der Waals surface area contributed by atoms with Crippen LogP contribution in [0.4, 0.5) is 19.0 Å². The number of nitrogens with zero attached hydrogens (tertiary/aromatic N) is 5. The molecule has 3 atom stereocenters. The Morgan fingerprint density at radius 1 is 1.23 bits per heavy atom. The van der Waals surface area contributed by atoms with Gasteiger partial charge in [0.1, 0.15) is 29.7 Å². The molecule has 230 valence electrons. The van der Waals surface area contributed by atoms with Gasteiger partial charge < -0.3 is 29.7 Å². The molecular formula is C30H35ClF3N7O2. The number of nitrogen functional groups attached to an aromatic ring is 1. The van der Waals surface area contributed by atoms with E-state index < -0.39 is 23.3 Å². The van der Waals surface area contributed by atoms with Gasteiger partial charge in [0.2, 0.25) is 0 Å². The quantitative estimate of drug-likeness (QED) is 0.257. The topological polar surface area (TPSA) is 107 Å². The molecule has 3 aliphatic rings. The maximum Gasteiger partial charge on any atom is 0.417 e. The molecule has 1 aromatic carbocycles. The van der Waals surface area contributed by atoms with Gasteiger partial charge in [-0.05, 0) is 77.1 Å². The average Bonchev–Trinajstić information content (AvgIpc) is 3.63. The Bertz CT molecular complexity index is 1680. The van der Waals surface area contributed by atoms with Crippen molar-refractivity contribution in [1.82, 2.24) is 29.4 Å². The largest absolute Gasteiger partial charge is 0.417 e. The van der Waals surface area contributed by atoms with Gasteiger partial charge in [-0.2, -0.15) is 13.2 Å². The van der Waals surface area contributed by atoms with E-state index in [-0.39, 0.29) is 17.0 Å². The van der Waals surface area contributed by atoms with Gasteiger partial charge in [0.15, 0.2) is 11.5 Å². The number of rotatable bonds is 7. The molecule has 1 aliphatic heterocycles. The molecule has 4 heterocycles. The summed E-state index contributed by atoms with van der Waals surface area (Å²) in [5, 5.41) is 0.475. The normalized spacial score (nSPS) is 28.7. The number of alkyl halides is 3. The van der Waals surface area contributed by atoms with E-state index in [1.54, 1.807) is 0 Å². The van der Waals surface area contributed by atoms with E-state index >= 15 is 0 Å². The molecule has 0 unspecified atom stereocenters. The Labute approximate surface area is 251 Å². The first kappa shape index (κ1) is 28.8. The number of imidazole rings is 1. The summed E-state index contributed by atoms with van der Waals surface area (Å²) in [7, 11) is 2.18. The highest BCUT2D eigenvalue weighted by Gasteiger charge is 2.61. The monoisotopic (exact) mass is 617 g/mol. The lowest BCUT2D eigenvalue weighted by Gasteiger charge is -2.43. The van der Waals surface area contributed by atoms with Crippen molar-refractivity contribution in [3.8, 4) is 0 Å². The van der Waals surface area contributed by atoms with Crippen molar-refractivity contribution in [3.05, 3.63) is 47.1 Å². The Kier molecular flexibility index (Phi) is 6.73. The van der Waals surface area contributed by atoms with E-state index in [0.717, 1.165) is 55.7 Å². The molecule has 2 aliphatic carbocycles. The lowest BCUT2D eigenvalue weighted by Crippen LogP contribution is -2.47. The third kappa shape index (κ3) is 4.96. The Balaban J connectivity index is 0.976. The van der Waals surface area contributed by atoms with Crippen LogP contribution in [0.2, 0.25) is 5.02 Å². The summed E-state index contributed by atoms with van der Waals surface area (Å²) in [6.07, 6.45) is 4.38. The fraction of sp³-hybridized carbons (Fsp3) is 0.567. The minimum Gasteiger partial charge on any atom is -0.383 e. The molecule has 0 amide bonds. The maximum absolute atomic E-state index is 13.2. The van der Waals surface area contributed by atoms with Gasteiger partial charge in [0.25, 0.3) is 0 Å². The van der Waals surface area contributed by atoms with Crippen molar-refractivity contribution in [2.75, 3.05) is 19.3 Å². The van der Waals surface area contributed by atoms with Gasteiger partial charge in [-0.1, -0.05) is 11.6 Å². The number of nitrogens with one attached hydrogen (secondary N) is 1. The van der Waals surface area contributed by atoms with Crippen LogP contribution < -0.4 is 5.73 Å². The Morgan fingerprint density at radius 3 is 2.79 bits per heavy atom. The highest BCUT2D eigenvalue weighted by molar-refractivity contribution is 6.32. The van der Waals surface area contributed by atoms with E-state index in [2.05, 4.69) is 36.5 Å². The predicted molar refractivity (Wildman–Crippen MR) is 156 cm³/mol. The Hall–Kier alpha value is -2.93. The molecule has 0 radical (unpaired) electrons. The lowest BCUT2D eigenvalue weighted by molar-refractivity contribution is -0.187. The number of hydrogen-bond acceptors (Lipinski definition) is 7. The van der Waals surface area contributed by atoms with E-state index in [9.17, 15) is 13.2 Å². The third-order valence-corrected chi connectivity index (χ3v) is 9.88. The van der Waals surface area contributed by atoms with Crippen molar-refractivity contribution >= 4 is 39.5 Å². The number of fused-ring (bicyclic) bond motifs is 3. The standard InChI is InChI=1S/C30H35ClF3N7O2/c1-28(2)42-25-17(6-8-29(25,43-28)41-9-7-19-26(35)36-15-37-27(19)41)14-40(3)18-10-16(11-18)4-5-24-38-22-12-20(30(32,33)34)21(31)13-23(22)39-24/h7,9,12-13,15-18,25H,4-6,8,10-11,14H2,1-3H3,(H,38,39)(H2,35,36,37)/t16?,17-,18?,25-,29-/m1/s1. The second kappa shape index (κ2) is 10.0. The van der Waals surface area contributed by atoms with Crippen LogP contribution in [0.5, 0.6) is 0 Å². The van der Waals surface area contributed by atoms with Crippen LogP contribution in [0.25, 0.3) is 22.1 Å². The number of anilines is 1. The molecule has 3 fully saturated rings. The molecule has 0 spiro atoms. The molecule has 43 heavy (non-hydrogen) atoms. The number of H-pyrrole nitrogens is 1. The average molecular weight is 618 g/mol. The second-order valence-electron chi connectivity index (χ2n) is 12.9. The number of aromatic nitrogens is 5. The number of aryl methyl sites for hydroxylation is 1. The SMILES string of the molecule is CN(C[C@H]1CC[C@@]2(n3ccc4c(N)ncnc43)OC(C)(C)O[C@H]12)C1CC(CCc2nc3cc(Cl)c(C(F)(F)F)cc3[nH]2)C1. The van der Waals surface area contributed by atoms with E-state index in [1.807, 2.05) is 26.1 Å². The van der Waals surface area contributed by atoms with Gasteiger partial charge in [-0.3, -0.25) is 0 Å². The summed E-state index contributed by atoms with van der Waals surface area (Å²) >= 11 is 5.86. The molecule has 9 nitrogen and oxygen atoms in total. The third-order valence-electron chi connectivity index (χ3n) is 9.57. The summed E-state index contributed by atoms with van der Waals surface area (Å²) in [6.45, 7) is 4.82. The van der Waals surface area contributed by atoms with Gasteiger partial charge in [-0.15, -0.1) is 0 Å². The molecule has 1 saturated heterocycles. The van der Waals surface area contributed by atoms with Crippen molar-refractivity contribution < 1.29 is 22.6 Å². The van der Waals surface area contributed by atoms with Crippen LogP contribution in [0, 0.1) is 11.8 Å². The minimum atomic E-state index is -4.50. The molecule has 0 bridgehead atoms. The summed E-state index contributed by atoms with van der Waals surface area (Å²) in [5.74, 6) is 1.24. The van der Waals surface area contributed by atoms with Gasteiger partial charge in [0.05, 0.1) is 27.0 Å². The predicted octanol–water partition coefficient (Wildman–Crippen LogP) is 6.12. The fourth-order valence-corrected chi connectivity index (χ4v) is 7.72. The van der Waals surface area contributed by atoms with Crippen LogP contribution in [-0.4, -0.2) is 60.9 Å². The van der Waals surface area contributed by atoms with E-state index in [0.29, 0.717) is 41.1 Å². The summed E-state index contributed by atoms with van der Waals surface area (Å²) in [6, 6.07) is 4.74. The number of ether oxygens (including phenoxy) is 2. The van der Waals surface area contributed by atoms with Crippen molar-refractivity contribution in [2.24, 2.45) is 11.8 Å². The van der Waals surface area contributed by atoms with Crippen LogP contribution in [-0.2, 0) is 27.8 Å². The summed E-state index contributed by atoms with van der Waals surface area (Å²) < 4.78 is 55.0. The zero-order valence-electron chi connectivity index (χ0n) is 24.3. The molecule has 4 aromatic rings. The first-order chi connectivity index (χ1) is 20.3. The number of halogens is 4. The van der Waals surface area contributed by atoms with Crippen molar-refractivity contribution in [3.63, 3.8) is 0 Å². The lowest BCUT2D eigenvalue weighted by atomic mass is 9.76. The number of aromatic amines is 1. The van der Waals surface area contributed by atoms with Crippen LogP contribution in [0.3, 0.4) is 0 Å². The van der Waals surface area contributed by atoms with Gasteiger partial charge >= 0.3 is 6.18 Å². The smallest absolute Gasteiger partial charge is 0.383 e. The van der Waals surface area contributed by atoms with Gasteiger partial charge in [-0.25, -0.2) is 15.0 Å². The molecule has 13 heteroatoms. The first-order valence-corrected chi connectivity index (χ1v) is 15.1. The highest BCUT2D eigenvalue weighted by Crippen LogP contribution is 2.53. The second-order valence-corrected chi connectivity index (χ2v) is 13.3. The zero-order valence-corrected chi connectivity index (χ0v) is 25.0. The number of benzene rings is 1. The van der Waals surface area contributed by atoms with Crippen molar-refractivity contribution in [2.45, 2.75) is 82.2 Å². The molecule has 3 N–H and O–H groups in total. The highest BCUT2D eigenvalue weighted by atomic mass is 35.5. The minimum absolute atomic E-state index is 0.132. The van der Waals surface area contributed by atoms with Crippen LogP contribution in [0.1, 0.15) is 57.3 Å². The summed E-state index contributed by atoms with van der Waals surface area (Å²) in [5.41, 5.74) is 6.18. The van der Waals surface area contributed by atoms with E-state index in [1.165, 1.54) is 12.4 Å². The molecule has 7 rings (SSSR count). The van der Waals surface area contributed by atoms with Crippen LogP contribution >= 0.6 is 11.6 Å². The number of nitrogens with two attached hydrogens (primary N) is 1. The molecular weight excluding hydrogens is 583 g/mol. The zero-order chi connectivity index (χ0) is 30.3. The number of hydrogen-bond donors (Lipinski definition) is 2. The van der Waals surface area contributed by atoms with Crippen molar-refractivity contribution in [1.29, 1.82) is 0 Å². The fourth-order valence-electron chi connectivity index (χ4n) is 7.45. The molecule has 3 aromatic heterocycles. The maximum atomic E-state index is 13.2. The summed E-state index contributed by atoms with van der Waals surface area (Å²) in [4.78, 5) is 18.7. The molecule has 2 saturated carbocycles. The Morgan fingerprint density at radius 2 is 2.02 bits per heavy atom.